The van der Waals surface area contributed by atoms with E-state index in [1.807, 2.05) is 38.1 Å². The Bertz CT molecular complexity index is 640. The molecular weight excluding hydrogens is 294 g/mol. The van der Waals surface area contributed by atoms with E-state index in [4.69, 9.17) is 14.9 Å². The van der Waals surface area contributed by atoms with Crippen LogP contribution in [0.3, 0.4) is 0 Å². The van der Waals surface area contributed by atoms with E-state index >= 15 is 0 Å². The number of nitrogens with one attached hydrogen (secondary N) is 1. The van der Waals surface area contributed by atoms with Gasteiger partial charge in [0.25, 0.3) is 5.91 Å². The van der Waals surface area contributed by atoms with E-state index in [-0.39, 0.29) is 17.6 Å². The van der Waals surface area contributed by atoms with Crippen molar-refractivity contribution in [2.24, 2.45) is 5.73 Å². The van der Waals surface area contributed by atoms with Gasteiger partial charge in [0.1, 0.15) is 12.0 Å². The lowest BCUT2D eigenvalue weighted by molar-refractivity contribution is 0.0945. The summed E-state index contributed by atoms with van der Waals surface area (Å²) in [7, 11) is 0. The maximum absolute atomic E-state index is 12.2. The summed E-state index contributed by atoms with van der Waals surface area (Å²) in [5, 5.41) is 2.82. The number of oxazole rings is 1. The largest absolute Gasteiger partial charge is 0.494 e. The number of amides is 1. The maximum atomic E-state index is 12.2. The van der Waals surface area contributed by atoms with E-state index in [0.29, 0.717) is 19.0 Å². The number of hydrogen-bond donors (Lipinski definition) is 2. The van der Waals surface area contributed by atoms with Gasteiger partial charge in [0.05, 0.1) is 12.6 Å². The zero-order valence-electron chi connectivity index (χ0n) is 13.5. The molecule has 6 heteroatoms. The quantitative estimate of drug-likeness (QED) is 0.781. The van der Waals surface area contributed by atoms with Crippen LogP contribution < -0.4 is 15.8 Å². The molecule has 0 bridgehead atoms. The minimum atomic E-state index is -0.296. The Morgan fingerprint density at radius 1 is 1.39 bits per heavy atom. The lowest BCUT2D eigenvalue weighted by atomic mass is 10.2. The highest BCUT2D eigenvalue weighted by atomic mass is 16.5. The van der Waals surface area contributed by atoms with Gasteiger partial charge in [-0.1, -0.05) is 31.5 Å². The van der Waals surface area contributed by atoms with E-state index < -0.39 is 0 Å². The third-order valence-electron chi connectivity index (χ3n) is 3.38. The topological polar surface area (TPSA) is 90.4 Å². The van der Waals surface area contributed by atoms with Crippen LogP contribution in [-0.2, 0) is 6.54 Å². The van der Waals surface area contributed by atoms with Gasteiger partial charge in [-0.25, -0.2) is 4.98 Å². The summed E-state index contributed by atoms with van der Waals surface area (Å²) in [6, 6.07) is 7.32. The molecule has 23 heavy (non-hydrogen) atoms. The van der Waals surface area contributed by atoms with Crippen LogP contribution in [0.4, 0.5) is 0 Å². The van der Waals surface area contributed by atoms with Gasteiger partial charge in [0.15, 0.2) is 5.69 Å². The van der Waals surface area contributed by atoms with Crippen LogP contribution in [0.25, 0.3) is 0 Å². The van der Waals surface area contributed by atoms with Crippen molar-refractivity contribution in [3.8, 4) is 5.75 Å². The van der Waals surface area contributed by atoms with E-state index in [1.165, 1.54) is 6.26 Å². The Kier molecular flexibility index (Phi) is 6.17. The Hall–Kier alpha value is -2.34. The van der Waals surface area contributed by atoms with Crippen LogP contribution in [0, 0.1) is 0 Å². The minimum Gasteiger partial charge on any atom is -0.494 e. The molecule has 6 nitrogen and oxygen atoms in total. The third-order valence-corrected chi connectivity index (χ3v) is 3.38. The average molecular weight is 317 g/mol. The molecule has 2 rings (SSSR count). The van der Waals surface area contributed by atoms with E-state index in [1.54, 1.807) is 0 Å². The summed E-state index contributed by atoms with van der Waals surface area (Å²) in [4.78, 5) is 16.3. The summed E-state index contributed by atoms with van der Waals surface area (Å²) in [6.07, 6.45) is 3.04. The summed E-state index contributed by atoms with van der Waals surface area (Å²) in [5.41, 5.74) is 7.08. The lowest BCUT2D eigenvalue weighted by Gasteiger charge is -2.10. The van der Waals surface area contributed by atoms with Gasteiger partial charge in [0, 0.05) is 12.1 Å². The molecule has 1 heterocycles. The van der Waals surface area contributed by atoms with Crippen molar-refractivity contribution in [2.45, 2.75) is 39.3 Å². The van der Waals surface area contributed by atoms with Gasteiger partial charge < -0.3 is 20.2 Å². The van der Waals surface area contributed by atoms with Crippen molar-refractivity contribution in [1.82, 2.24) is 10.3 Å². The second kappa shape index (κ2) is 8.33. The molecule has 0 saturated heterocycles. The molecule has 0 radical (unpaired) electrons. The molecule has 1 atom stereocenters. The molecule has 0 fully saturated rings. The fraction of sp³-hybridized carbons (Fsp3) is 0.412. The van der Waals surface area contributed by atoms with Gasteiger partial charge in [-0.15, -0.1) is 0 Å². The number of hydrogen-bond acceptors (Lipinski definition) is 5. The fourth-order valence-corrected chi connectivity index (χ4v) is 2.21. The van der Waals surface area contributed by atoms with E-state index in [2.05, 4.69) is 10.3 Å². The molecule has 1 amide bonds. The normalized spacial score (nSPS) is 12.0. The van der Waals surface area contributed by atoms with Gasteiger partial charge in [-0.05, 0) is 19.4 Å². The number of ether oxygens (including phenoxy) is 1. The summed E-state index contributed by atoms with van der Waals surface area (Å²) >= 11 is 0. The van der Waals surface area contributed by atoms with Crippen molar-refractivity contribution < 1.29 is 13.9 Å². The minimum absolute atomic E-state index is 0.237. The molecule has 0 saturated carbocycles. The van der Waals surface area contributed by atoms with E-state index in [9.17, 15) is 4.79 Å². The predicted molar refractivity (Wildman–Crippen MR) is 87.1 cm³/mol. The van der Waals surface area contributed by atoms with Gasteiger partial charge in [0.2, 0.25) is 5.89 Å². The second-order valence-corrected chi connectivity index (χ2v) is 5.19. The van der Waals surface area contributed by atoms with Crippen LogP contribution in [0.1, 0.15) is 54.7 Å². The standard InChI is InChI=1S/C17H23N3O3/c1-3-7-13(18)17-20-14(11-23-17)16(21)19-10-12-8-5-6-9-15(12)22-4-2/h5-6,8-9,11,13H,3-4,7,10,18H2,1-2H3,(H,19,21). The number of nitrogens with zero attached hydrogens (tertiary/aromatic N) is 1. The van der Waals surface area contributed by atoms with Crippen molar-refractivity contribution in [3.05, 3.63) is 47.7 Å². The third kappa shape index (κ3) is 4.56. The van der Waals surface area contributed by atoms with Crippen molar-refractivity contribution in [3.63, 3.8) is 0 Å². The summed E-state index contributed by atoms with van der Waals surface area (Å²) in [5.74, 6) is 0.864. The molecule has 1 aromatic carbocycles. The molecule has 0 aliphatic carbocycles. The Morgan fingerprint density at radius 3 is 2.91 bits per heavy atom. The highest BCUT2D eigenvalue weighted by molar-refractivity contribution is 5.91. The zero-order valence-corrected chi connectivity index (χ0v) is 13.5. The highest BCUT2D eigenvalue weighted by Crippen LogP contribution is 2.18. The number of nitrogens with two attached hydrogens (primary N) is 1. The summed E-state index contributed by atoms with van der Waals surface area (Å²) in [6.45, 7) is 4.89. The Labute approximate surface area is 136 Å². The molecule has 0 aliphatic rings. The molecule has 1 aromatic heterocycles. The fourth-order valence-electron chi connectivity index (χ4n) is 2.21. The summed E-state index contributed by atoms with van der Waals surface area (Å²) < 4.78 is 10.8. The number of benzene rings is 1. The molecule has 2 aromatic rings. The first-order valence-corrected chi connectivity index (χ1v) is 7.85. The molecule has 1 unspecified atom stereocenters. The molecule has 124 valence electrons. The van der Waals surface area contributed by atoms with Crippen LogP contribution >= 0.6 is 0 Å². The molecule has 0 aliphatic heterocycles. The van der Waals surface area contributed by atoms with E-state index in [0.717, 1.165) is 24.2 Å². The monoisotopic (exact) mass is 317 g/mol. The molecular formula is C17H23N3O3. The molecule has 3 N–H and O–H groups in total. The second-order valence-electron chi connectivity index (χ2n) is 5.19. The number of rotatable bonds is 8. The first-order valence-electron chi connectivity index (χ1n) is 7.85. The van der Waals surface area contributed by atoms with Crippen LogP contribution in [-0.4, -0.2) is 17.5 Å². The van der Waals surface area contributed by atoms with Gasteiger partial charge in [-0.2, -0.15) is 0 Å². The number of para-hydroxylation sites is 1. The van der Waals surface area contributed by atoms with Gasteiger partial charge >= 0.3 is 0 Å². The lowest BCUT2D eigenvalue weighted by Crippen LogP contribution is -2.23. The smallest absolute Gasteiger partial charge is 0.273 e. The average Bonchev–Trinajstić information content (AvgIpc) is 3.04. The van der Waals surface area contributed by atoms with Crippen molar-refractivity contribution >= 4 is 5.91 Å². The van der Waals surface area contributed by atoms with Crippen molar-refractivity contribution in [1.29, 1.82) is 0 Å². The first-order chi connectivity index (χ1) is 11.2. The highest BCUT2D eigenvalue weighted by Gasteiger charge is 2.16. The number of carbonyl (C=O) groups excluding carboxylic acids is 1. The SMILES string of the molecule is CCCC(N)c1nc(C(=O)NCc2ccccc2OCC)co1. The van der Waals surface area contributed by atoms with Crippen LogP contribution in [0.5, 0.6) is 5.75 Å². The molecule has 0 spiro atoms. The van der Waals surface area contributed by atoms with Gasteiger partial charge in [-0.3, -0.25) is 4.79 Å². The Balaban J connectivity index is 1.97. The van der Waals surface area contributed by atoms with Crippen LogP contribution in [0.15, 0.2) is 34.9 Å². The van der Waals surface area contributed by atoms with Crippen LogP contribution in [0.2, 0.25) is 0 Å². The zero-order chi connectivity index (χ0) is 16.7. The number of aromatic nitrogens is 1. The maximum Gasteiger partial charge on any atom is 0.273 e. The van der Waals surface area contributed by atoms with Crippen molar-refractivity contribution in [2.75, 3.05) is 6.61 Å². The number of carbonyl (C=O) groups is 1. The predicted octanol–water partition coefficient (Wildman–Crippen LogP) is 2.80. The Morgan fingerprint density at radius 2 is 2.17 bits per heavy atom. The first kappa shape index (κ1) is 17.0.